The van der Waals surface area contributed by atoms with Crippen LogP contribution < -0.4 is 15.5 Å². The van der Waals surface area contributed by atoms with Crippen molar-refractivity contribution >= 4 is 58.0 Å². The number of pyridine rings is 1. The SMILES string of the molecule is COCC(=O)Nc1ccc(N2C(=S)NC(c3ccccn3)C2c2ccc(Sc3ccc(Cl)cc3)o2)cc1C. The van der Waals surface area contributed by atoms with Crippen LogP contribution in [0.3, 0.4) is 0 Å². The summed E-state index contributed by atoms with van der Waals surface area (Å²) in [6.07, 6.45) is 1.77. The summed E-state index contributed by atoms with van der Waals surface area (Å²) in [6, 6.07) is 22.7. The largest absolute Gasteiger partial charge is 0.452 e. The zero-order valence-electron chi connectivity index (χ0n) is 20.7. The van der Waals surface area contributed by atoms with Crippen LogP contribution in [-0.4, -0.2) is 29.7 Å². The Kier molecular flexibility index (Phi) is 7.99. The van der Waals surface area contributed by atoms with Crippen LogP contribution >= 0.6 is 35.6 Å². The minimum atomic E-state index is -0.287. The van der Waals surface area contributed by atoms with Gasteiger partial charge < -0.3 is 24.7 Å². The zero-order chi connectivity index (χ0) is 26.6. The van der Waals surface area contributed by atoms with Crippen LogP contribution in [0.25, 0.3) is 0 Å². The molecule has 3 heterocycles. The van der Waals surface area contributed by atoms with Crippen LogP contribution in [-0.2, 0) is 9.53 Å². The molecule has 5 rings (SSSR count). The lowest BCUT2D eigenvalue weighted by molar-refractivity contribution is -0.119. The fourth-order valence-corrected chi connectivity index (χ4v) is 5.59. The van der Waals surface area contributed by atoms with Crippen molar-refractivity contribution in [3.63, 3.8) is 0 Å². The van der Waals surface area contributed by atoms with Gasteiger partial charge in [-0.1, -0.05) is 29.4 Å². The van der Waals surface area contributed by atoms with Gasteiger partial charge in [0.1, 0.15) is 18.4 Å². The molecule has 0 saturated carbocycles. The number of aromatic nitrogens is 1. The van der Waals surface area contributed by atoms with Gasteiger partial charge >= 0.3 is 0 Å². The number of furan rings is 1. The number of rotatable bonds is 8. The fourth-order valence-electron chi connectivity index (χ4n) is 4.34. The highest BCUT2D eigenvalue weighted by molar-refractivity contribution is 7.99. The maximum atomic E-state index is 12.0. The van der Waals surface area contributed by atoms with E-state index in [2.05, 4.69) is 15.6 Å². The van der Waals surface area contributed by atoms with Crippen molar-refractivity contribution in [2.24, 2.45) is 0 Å². The lowest BCUT2D eigenvalue weighted by atomic mass is 10.0. The molecule has 1 fully saturated rings. The molecule has 0 radical (unpaired) electrons. The Labute approximate surface area is 235 Å². The molecular weight excluding hydrogens is 540 g/mol. The van der Waals surface area contributed by atoms with Gasteiger partial charge in [0.05, 0.1) is 11.7 Å². The van der Waals surface area contributed by atoms with E-state index >= 15 is 0 Å². The van der Waals surface area contributed by atoms with Gasteiger partial charge in [-0.25, -0.2) is 0 Å². The van der Waals surface area contributed by atoms with Gasteiger partial charge in [-0.3, -0.25) is 9.78 Å². The third-order valence-corrected chi connectivity index (χ3v) is 7.56. The number of nitrogens with one attached hydrogen (secondary N) is 2. The second-order valence-corrected chi connectivity index (χ2v) is 10.6. The average molecular weight is 565 g/mol. The van der Waals surface area contributed by atoms with Crippen molar-refractivity contribution in [3.05, 3.63) is 101 Å². The molecule has 0 spiro atoms. The van der Waals surface area contributed by atoms with E-state index in [1.807, 2.05) is 84.6 Å². The summed E-state index contributed by atoms with van der Waals surface area (Å²) in [4.78, 5) is 19.7. The van der Waals surface area contributed by atoms with Gasteiger partial charge in [-0.2, -0.15) is 0 Å². The first kappa shape index (κ1) is 26.2. The molecule has 38 heavy (non-hydrogen) atoms. The Morgan fingerprint density at radius 1 is 1.18 bits per heavy atom. The van der Waals surface area contributed by atoms with Crippen LogP contribution in [0, 0.1) is 6.92 Å². The third kappa shape index (κ3) is 5.71. The van der Waals surface area contributed by atoms with E-state index in [4.69, 9.17) is 33.0 Å². The van der Waals surface area contributed by atoms with E-state index in [0.29, 0.717) is 15.8 Å². The van der Waals surface area contributed by atoms with Gasteiger partial charge in [0.25, 0.3) is 0 Å². The number of amides is 1. The van der Waals surface area contributed by atoms with Gasteiger partial charge in [-0.05, 0) is 91.4 Å². The Balaban J connectivity index is 1.48. The second-order valence-electron chi connectivity index (χ2n) is 8.69. The zero-order valence-corrected chi connectivity index (χ0v) is 23.1. The number of hydrogen-bond acceptors (Lipinski definition) is 6. The predicted octanol–water partition coefficient (Wildman–Crippen LogP) is 6.55. The lowest BCUT2D eigenvalue weighted by Crippen LogP contribution is -2.29. The van der Waals surface area contributed by atoms with Crippen molar-refractivity contribution in [1.29, 1.82) is 0 Å². The first-order valence-electron chi connectivity index (χ1n) is 11.9. The number of halogens is 1. The van der Waals surface area contributed by atoms with Gasteiger partial charge in [-0.15, -0.1) is 0 Å². The molecule has 1 saturated heterocycles. The number of aryl methyl sites for hydroxylation is 1. The average Bonchev–Trinajstić information content (AvgIpc) is 3.51. The number of carbonyl (C=O) groups is 1. The molecular formula is C28H25ClN4O3S2. The fraction of sp³-hybridized carbons (Fsp3) is 0.179. The van der Waals surface area contributed by atoms with Gasteiger partial charge in [0.2, 0.25) is 5.91 Å². The first-order chi connectivity index (χ1) is 18.4. The number of nitrogens with zero attached hydrogens (tertiary/aromatic N) is 2. The molecule has 1 amide bonds. The molecule has 2 atom stereocenters. The molecule has 194 valence electrons. The van der Waals surface area contributed by atoms with E-state index in [9.17, 15) is 4.79 Å². The summed E-state index contributed by atoms with van der Waals surface area (Å²) >= 11 is 13.4. The van der Waals surface area contributed by atoms with Crippen molar-refractivity contribution in [2.45, 2.75) is 29.0 Å². The minimum Gasteiger partial charge on any atom is -0.452 e. The highest BCUT2D eigenvalue weighted by Gasteiger charge is 2.42. The minimum absolute atomic E-state index is 0.00991. The molecule has 2 aromatic carbocycles. The monoisotopic (exact) mass is 564 g/mol. The summed E-state index contributed by atoms with van der Waals surface area (Å²) in [6.45, 7) is 1.93. The van der Waals surface area contributed by atoms with E-state index in [0.717, 1.165) is 32.7 Å². The summed E-state index contributed by atoms with van der Waals surface area (Å²) < 4.78 is 11.3. The van der Waals surface area contributed by atoms with Crippen molar-refractivity contribution in [3.8, 4) is 0 Å². The molecule has 0 bridgehead atoms. The van der Waals surface area contributed by atoms with Crippen LogP contribution in [0.15, 0.2) is 93.4 Å². The topological polar surface area (TPSA) is 79.6 Å². The molecule has 7 nitrogen and oxygen atoms in total. The van der Waals surface area contributed by atoms with E-state index in [1.165, 1.54) is 18.9 Å². The van der Waals surface area contributed by atoms with Crippen molar-refractivity contribution < 1.29 is 13.9 Å². The van der Waals surface area contributed by atoms with E-state index in [1.54, 1.807) is 6.20 Å². The Morgan fingerprint density at radius 3 is 2.71 bits per heavy atom. The number of benzene rings is 2. The quantitative estimate of drug-likeness (QED) is 0.233. The Hall–Kier alpha value is -3.37. The standard InChI is InChI=1S/C28H25ClN4O3S2/c1-17-15-19(8-11-21(17)31-24(34)16-35-2)33-27(26(32-28(33)37)22-5-3-4-14-30-22)23-12-13-25(36-23)38-20-9-6-18(29)7-10-20/h3-15,26-27H,16H2,1-2H3,(H,31,34)(H,32,37). The number of anilines is 2. The summed E-state index contributed by atoms with van der Waals surface area (Å²) in [5.74, 6) is 0.538. The highest BCUT2D eigenvalue weighted by Crippen LogP contribution is 2.44. The maximum absolute atomic E-state index is 12.0. The van der Waals surface area contributed by atoms with Crippen molar-refractivity contribution in [1.82, 2.24) is 10.3 Å². The number of methoxy groups -OCH3 is 1. The van der Waals surface area contributed by atoms with E-state index in [-0.39, 0.29) is 24.6 Å². The molecule has 10 heteroatoms. The second kappa shape index (κ2) is 11.6. The number of ether oxygens (including phenoxy) is 1. The molecule has 0 aliphatic carbocycles. The number of hydrogen-bond donors (Lipinski definition) is 2. The van der Waals surface area contributed by atoms with Gasteiger partial charge in [0, 0.05) is 34.6 Å². The Morgan fingerprint density at radius 2 is 2.00 bits per heavy atom. The maximum Gasteiger partial charge on any atom is 0.250 e. The lowest BCUT2D eigenvalue weighted by Gasteiger charge is -2.26. The first-order valence-corrected chi connectivity index (χ1v) is 13.5. The van der Waals surface area contributed by atoms with E-state index < -0.39 is 0 Å². The van der Waals surface area contributed by atoms with Crippen LogP contribution in [0.1, 0.15) is 29.1 Å². The molecule has 1 aliphatic heterocycles. The predicted molar refractivity (Wildman–Crippen MR) is 154 cm³/mol. The summed E-state index contributed by atoms with van der Waals surface area (Å²) in [7, 11) is 1.49. The summed E-state index contributed by atoms with van der Waals surface area (Å²) in [5, 5.41) is 8.32. The van der Waals surface area contributed by atoms with Gasteiger partial charge in [0.15, 0.2) is 10.2 Å². The smallest absolute Gasteiger partial charge is 0.250 e. The molecule has 2 unspecified atom stereocenters. The Bertz CT molecular complexity index is 1450. The van der Waals surface area contributed by atoms with Crippen LogP contribution in [0.4, 0.5) is 11.4 Å². The summed E-state index contributed by atoms with van der Waals surface area (Å²) in [5.41, 5.74) is 3.34. The van der Waals surface area contributed by atoms with Crippen LogP contribution in [0.2, 0.25) is 5.02 Å². The normalized spacial score (nSPS) is 16.9. The third-order valence-electron chi connectivity index (χ3n) is 6.06. The molecule has 1 aliphatic rings. The molecule has 4 aromatic rings. The molecule has 2 aromatic heterocycles. The number of thiocarbonyl (C=S) groups is 1. The highest BCUT2D eigenvalue weighted by atomic mass is 35.5. The molecule has 2 N–H and O–H groups in total. The van der Waals surface area contributed by atoms with Crippen LogP contribution in [0.5, 0.6) is 0 Å². The van der Waals surface area contributed by atoms with Crippen molar-refractivity contribution in [2.75, 3.05) is 23.9 Å². The number of carbonyl (C=O) groups excluding carboxylic acids is 1.